The van der Waals surface area contributed by atoms with Gasteiger partial charge >= 0.3 is 6.09 Å². The van der Waals surface area contributed by atoms with Crippen molar-refractivity contribution in [3.8, 4) is 6.07 Å². The van der Waals surface area contributed by atoms with Gasteiger partial charge in [-0.1, -0.05) is 6.07 Å². The fourth-order valence-electron chi connectivity index (χ4n) is 3.38. The van der Waals surface area contributed by atoms with Crippen molar-refractivity contribution in [1.82, 2.24) is 10.3 Å². The molecular formula is C22H20N4O3S3. The van der Waals surface area contributed by atoms with Crippen LogP contribution in [0.15, 0.2) is 29.0 Å². The number of hydrogen-bond acceptors (Lipinski definition) is 8. The van der Waals surface area contributed by atoms with Crippen molar-refractivity contribution in [2.45, 2.75) is 38.8 Å². The monoisotopic (exact) mass is 484 g/mol. The Labute approximate surface area is 197 Å². The zero-order chi connectivity index (χ0) is 22.5. The number of anilines is 1. The Morgan fingerprint density at radius 2 is 2.28 bits per heavy atom. The highest BCUT2D eigenvalue weighted by Gasteiger charge is 2.28. The van der Waals surface area contributed by atoms with Crippen molar-refractivity contribution >= 4 is 57.1 Å². The van der Waals surface area contributed by atoms with E-state index in [0.29, 0.717) is 36.4 Å². The van der Waals surface area contributed by atoms with Crippen LogP contribution in [0.3, 0.4) is 0 Å². The van der Waals surface area contributed by atoms with E-state index in [-0.39, 0.29) is 12.0 Å². The highest BCUT2D eigenvalue weighted by molar-refractivity contribution is 7.16. The van der Waals surface area contributed by atoms with E-state index < -0.39 is 6.09 Å². The first kappa shape index (κ1) is 22.2. The highest BCUT2D eigenvalue weighted by Crippen LogP contribution is 2.38. The highest BCUT2D eigenvalue weighted by atomic mass is 32.1. The summed E-state index contributed by atoms with van der Waals surface area (Å²) in [7, 11) is 0. The molecule has 0 aromatic carbocycles. The third-order valence-electron chi connectivity index (χ3n) is 4.83. The molecule has 0 radical (unpaired) electrons. The van der Waals surface area contributed by atoms with E-state index in [2.05, 4.69) is 21.7 Å². The molecule has 0 bridgehead atoms. The predicted octanol–water partition coefficient (Wildman–Crippen LogP) is 4.88. The van der Waals surface area contributed by atoms with Crippen LogP contribution in [-0.2, 0) is 28.9 Å². The van der Waals surface area contributed by atoms with Gasteiger partial charge in [0.15, 0.2) is 0 Å². The molecule has 3 aromatic rings. The normalized spacial score (nSPS) is 15.2. The summed E-state index contributed by atoms with van der Waals surface area (Å²) in [5, 5.41) is 20.4. The van der Waals surface area contributed by atoms with Crippen LogP contribution in [0.5, 0.6) is 0 Å². The van der Waals surface area contributed by atoms with Crippen molar-refractivity contribution in [3.63, 3.8) is 0 Å². The summed E-state index contributed by atoms with van der Waals surface area (Å²) in [6.45, 7) is 2.24. The Hall–Kier alpha value is -3.00. The number of rotatable bonds is 6. The van der Waals surface area contributed by atoms with Gasteiger partial charge in [0.25, 0.3) is 0 Å². The number of aryl methyl sites for hydroxylation is 1. The first-order valence-corrected chi connectivity index (χ1v) is 12.5. The van der Waals surface area contributed by atoms with E-state index in [4.69, 9.17) is 4.74 Å². The number of alkyl carbamates (subject to hydrolysis) is 1. The van der Waals surface area contributed by atoms with Crippen molar-refractivity contribution in [3.05, 3.63) is 60.6 Å². The average molecular weight is 485 g/mol. The number of amides is 2. The van der Waals surface area contributed by atoms with Gasteiger partial charge in [0.1, 0.15) is 22.2 Å². The molecule has 2 N–H and O–H groups in total. The van der Waals surface area contributed by atoms with E-state index in [9.17, 15) is 14.9 Å². The number of hydrogen-bond donors (Lipinski definition) is 2. The Morgan fingerprint density at radius 3 is 3.00 bits per heavy atom. The minimum Gasteiger partial charge on any atom is -0.446 e. The molecule has 32 heavy (non-hydrogen) atoms. The number of nitrogens with zero attached hydrogens (tertiary/aromatic N) is 2. The maximum absolute atomic E-state index is 12.3. The smallest absolute Gasteiger partial charge is 0.407 e. The van der Waals surface area contributed by atoms with E-state index in [1.54, 1.807) is 17.4 Å². The average Bonchev–Trinajstić information content (AvgIpc) is 3.50. The zero-order valence-corrected chi connectivity index (χ0v) is 19.7. The molecule has 1 atom stereocenters. The van der Waals surface area contributed by atoms with Crippen LogP contribution in [-0.4, -0.2) is 23.1 Å². The van der Waals surface area contributed by atoms with Crippen molar-refractivity contribution in [1.29, 1.82) is 5.26 Å². The lowest BCUT2D eigenvalue weighted by Gasteiger charge is -2.22. The number of carbonyl (C=O) groups is 2. The summed E-state index contributed by atoms with van der Waals surface area (Å²) < 4.78 is 5.57. The number of thiophene rings is 2. The fraction of sp³-hybridized carbons (Fsp3) is 0.273. The molecule has 2 amide bonds. The number of aromatic nitrogens is 1. The van der Waals surface area contributed by atoms with Crippen molar-refractivity contribution < 1.29 is 14.3 Å². The third kappa shape index (κ3) is 5.43. The lowest BCUT2D eigenvalue weighted by molar-refractivity contribution is -0.111. The summed E-state index contributed by atoms with van der Waals surface area (Å²) in [4.78, 5) is 30.8. The number of nitrogens with one attached hydrogen (secondary N) is 2. The van der Waals surface area contributed by atoms with Gasteiger partial charge in [0.2, 0.25) is 5.91 Å². The SMILES string of the molecule is Cc1csc(CNC(=O)OC2CCc3c(sc(NC(=O)C=Cc4cccs4)c3C#N)C2)n1. The number of ether oxygens (including phenoxy) is 1. The second-order valence-corrected chi connectivity index (χ2v) is 10.2. The maximum Gasteiger partial charge on any atom is 0.407 e. The quantitative estimate of drug-likeness (QED) is 0.485. The summed E-state index contributed by atoms with van der Waals surface area (Å²) in [5.74, 6) is -0.280. The Balaban J connectivity index is 1.35. The van der Waals surface area contributed by atoms with E-state index in [1.807, 2.05) is 29.8 Å². The second kappa shape index (κ2) is 10.1. The van der Waals surface area contributed by atoms with Crippen LogP contribution in [0, 0.1) is 18.3 Å². The van der Waals surface area contributed by atoms with Crippen LogP contribution < -0.4 is 10.6 Å². The first-order valence-electron chi connectivity index (χ1n) is 9.94. The topological polar surface area (TPSA) is 104 Å². The first-order chi connectivity index (χ1) is 15.5. The maximum atomic E-state index is 12.3. The Kier molecular flexibility index (Phi) is 6.99. The molecule has 0 fully saturated rings. The molecule has 10 heteroatoms. The molecule has 3 aromatic heterocycles. The van der Waals surface area contributed by atoms with Crippen molar-refractivity contribution in [2.75, 3.05) is 5.32 Å². The number of nitriles is 1. The van der Waals surface area contributed by atoms with E-state index >= 15 is 0 Å². The van der Waals surface area contributed by atoms with Crippen LogP contribution in [0.4, 0.5) is 9.80 Å². The number of carbonyl (C=O) groups excluding carboxylic acids is 2. The van der Waals surface area contributed by atoms with Gasteiger partial charge in [-0.15, -0.1) is 34.0 Å². The minimum absolute atomic E-state index is 0.270. The molecule has 0 aliphatic heterocycles. The van der Waals surface area contributed by atoms with Gasteiger partial charge in [-0.05, 0) is 42.9 Å². The van der Waals surface area contributed by atoms with Gasteiger partial charge in [0.05, 0.1) is 12.1 Å². The summed E-state index contributed by atoms with van der Waals surface area (Å²) in [6.07, 6.45) is 4.25. The summed E-state index contributed by atoms with van der Waals surface area (Å²) >= 11 is 4.41. The number of fused-ring (bicyclic) bond motifs is 1. The van der Waals surface area contributed by atoms with Crippen LogP contribution in [0.2, 0.25) is 0 Å². The van der Waals surface area contributed by atoms with E-state index in [0.717, 1.165) is 26.0 Å². The molecule has 0 saturated heterocycles. The van der Waals surface area contributed by atoms with Crippen LogP contribution in [0.25, 0.3) is 6.08 Å². The van der Waals surface area contributed by atoms with Crippen molar-refractivity contribution in [2.24, 2.45) is 0 Å². The van der Waals surface area contributed by atoms with Crippen LogP contribution in [0.1, 0.15) is 38.0 Å². The molecule has 0 spiro atoms. The summed E-state index contributed by atoms with van der Waals surface area (Å²) in [6, 6.07) is 6.07. The Bertz CT molecular complexity index is 1190. The molecule has 1 aliphatic rings. The van der Waals surface area contributed by atoms with Crippen LogP contribution >= 0.6 is 34.0 Å². The fourth-order valence-corrected chi connectivity index (χ4v) is 5.98. The second-order valence-electron chi connectivity index (χ2n) is 7.16. The molecule has 1 unspecified atom stereocenters. The molecule has 4 rings (SSSR count). The van der Waals surface area contributed by atoms with Gasteiger partial charge < -0.3 is 15.4 Å². The van der Waals surface area contributed by atoms with Gasteiger partial charge in [0, 0.05) is 33.3 Å². The molecule has 164 valence electrons. The predicted molar refractivity (Wildman–Crippen MR) is 127 cm³/mol. The van der Waals surface area contributed by atoms with E-state index in [1.165, 1.54) is 28.7 Å². The van der Waals surface area contributed by atoms with Gasteiger partial charge in [-0.3, -0.25) is 4.79 Å². The minimum atomic E-state index is -0.476. The lowest BCUT2D eigenvalue weighted by Crippen LogP contribution is -2.31. The molecule has 7 nitrogen and oxygen atoms in total. The largest absolute Gasteiger partial charge is 0.446 e. The molecular weight excluding hydrogens is 464 g/mol. The summed E-state index contributed by atoms with van der Waals surface area (Å²) in [5.41, 5.74) is 2.37. The zero-order valence-electron chi connectivity index (χ0n) is 17.2. The van der Waals surface area contributed by atoms with Gasteiger partial charge in [-0.2, -0.15) is 5.26 Å². The lowest BCUT2D eigenvalue weighted by atomic mass is 9.94. The molecule has 0 saturated carbocycles. The number of thiazole rings is 1. The standard InChI is InChI=1S/C22H20N4O3S3/c1-13-12-31-20(25-13)11-24-22(28)29-14-4-6-16-17(10-23)21(32-18(16)9-14)26-19(27)7-5-15-3-2-8-30-15/h2-3,5,7-8,12,14H,4,6,9,11H2,1H3,(H,24,28)(H,26,27). The van der Waals surface area contributed by atoms with Gasteiger partial charge in [-0.25, -0.2) is 9.78 Å². The molecule has 3 heterocycles. The molecule has 1 aliphatic carbocycles. The third-order valence-corrected chi connectivity index (χ3v) is 7.81. The Morgan fingerprint density at radius 1 is 1.41 bits per heavy atom.